The molecule has 0 aromatic rings. The molecule has 0 atom stereocenters. The fourth-order valence-electron chi connectivity index (χ4n) is 0. The second-order valence-electron chi connectivity index (χ2n) is 0.513. The van der Waals surface area contributed by atoms with Crippen LogP contribution in [0.25, 0.3) is 0 Å². The maximum Gasteiger partial charge on any atom is 1.00 e. The van der Waals surface area contributed by atoms with Gasteiger partial charge < -0.3 is 16.1 Å². The molecule has 0 fully saturated rings. The summed E-state index contributed by atoms with van der Waals surface area (Å²) in [6.07, 6.45) is 0. The Bertz CT molecular complexity index is 71.4. The summed E-state index contributed by atoms with van der Waals surface area (Å²) in [6.45, 7) is 0. The molecule has 0 saturated carbocycles. The monoisotopic (exact) mass is 268 g/mol. The van der Waals surface area contributed by atoms with Crippen molar-refractivity contribution in [3.63, 3.8) is 0 Å². The van der Waals surface area contributed by atoms with E-state index in [1.807, 2.05) is 0 Å². The Kier molecular flexibility index (Phi) is 43.4. The van der Waals surface area contributed by atoms with Gasteiger partial charge in [0.2, 0.25) is 0 Å². The quantitative estimate of drug-likeness (QED) is 0.311. The third kappa shape index (κ3) is 132. The Balaban J connectivity index is -0.00000000800. The average Bonchev–Trinajstić information content (AvgIpc) is 0.722. The van der Waals surface area contributed by atoms with Gasteiger partial charge in [-0.2, -0.15) is 0 Å². The smallest absolute Gasteiger partial charge is 1.00 e. The molecule has 0 saturated heterocycles. The fraction of sp³-hybridized carbons (Fsp3) is 0. The Morgan fingerprint density at radius 3 is 1.22 bits per heavy atom. The van der Waals surface area contributed by atoms with Gasteiger partial charge in [-0.25, -0.2) is 4.57 Å². The first kappa shape index (κ1) is 30.2. The summed E-state index contributed by atoms with van der Waals surface area (Å²) in [5.74, 6) is 0. The molecule has 0 amide bonds. The van der Waals surface area contributed by atoms with Gasteiger partial charge in [0.25, 0.3) is 0 Å². The van der Waals surface area contributed by atoms with Crippen LogP contribution in [0.3, 0.4) is 0 Å². The van der Waals surface area contributed by atoms with Crippen molar-refractivity contribution in [1.29, 1.82) is 0 Å². The molecule has 0 aliphatic heterocycles. The van der Waals surface area contributed by atoms with E-state index in [0.29, 0.717) is 0 Å². The van der Waals surface area contributed by atoms with Gasteiger partial charge >= 0.3 is 26.7 Å². The average molecular weight is 268 g/mol. The number of hydrogen-bond donors (Lipinski definition) is 3. The molecule has 9 heteroatoms. The summed E-state index contributed by atoms with van der Waals surface area (Å²) < 4.78 is 8.88. The van der Waals surface area contributed by atoms with Gasteiger partial charge in [0.1, 0.15) is 0 Å². The Labute approximate surface area is 99.3 Å². The Morgan fingerprint density at radius 1 is 1.22 bits per heavy atom. The molecule has 0 unspecified atom stereocenters. The standard InChI is InChI=1S/Fe.Li.Mn.H3O4P.V.H/c;;;1-5(2,3)4;;/h;;;(H3,1,2,3,4);;/q;+1;;;;-1. The third-order valence-corrected chi connectivity index (χ3v) is 0. The van der Waals surface area contributed by atoms with Gasteiger partial charge in [0.15, 0.2) is 0 Å². The summed E-state index contributed by atoms with van der Waals surface area (Å²) >= 11 is 0. The molecule has 9 heavy (non-hydrogen) atoms. The van der Waals surface area contributed by atoms with E-state index in [-0.39, 0.29) is 73.0 Å². The largest absolute Gasteiger partial charge is 1.00 e. The number of hydrogen-bond acceptors (Lipinski definition) is 1. The zero-order valence-corrected chi connectivity index (χ0v) is 8.95. The van der Waals surface area contributed by atoms with Gasteiger partial charge in [0.05, 0.1) is 0 Å². The Hall–Kier alpha value is 2.33. The molecular weight excluding hydrogens is 264 g/mol. The van der Waals surface area contributed by atoms with Crippen molar-refractivity contribution in [3.05, 3.63) is 0 Å². The van der Waals surface area contributed by atoms with Crippen molar-refractivity contribution < 1.29 is 92.2 Å². The van der Waals surface area contributed by atoms with Crippen LogP contribution in [0.4, 0.5) is 0 Å². The summed E-state index contributed by atoms with van der Waals surface area (Å²) in [7, 11) is -4.64. The van der Waals surface area contributed by atoms with Crippen LogP contribution in [-0.4, -0.2) is 14.7 Å². The van der Waals surface area contributed by atoms with Crippen LogP contribution >= 0.6 is 7.82 Å². The molecule has 0 aromatic heterocycles. The van der Waals surface area contributed by atoms with E-state index in [0.717, 1.165) is 0 Å². The molecule has 0 spiro atoms. The van der Waals surface area contributed by atoms with Crippen molar-refractivity contribution in [2.75, 3.05) is 0 Å². The van der Waals surface area contributed by atoms with E-state index >= 15 is 0 Å². The number of phosphoric acid groups is 1. The van der Waals surface area contributed by atoms with Crippen LogP contribution in [0.15, 0.2) is 0 Å². The maximum atomic E-state index is 8.88. The van der Waals surface area contributed by atoms with Gasteiger partial charge in [-0.1, -0.05) is 0 Å². The molecule has 0 aromatic carbocycles. The molecule has 0 aliphatic rings. The third-order valence-electron chi connectivity index (χ3n) is 0. The van der Waals surface area contributed by atoms with E-state index in [1.165, 1.54) is 0 Å². The SMILES string of the molecule is O=P(O)(O)O.[Fe].[H-].[Li+].[Mn].[V]. The minimum atomic E-state index is -4.64. The van der Waals surface area contributed by atoms with Crippen LogP contribution in [0.5, 0.6) is 0 Å². The van der Waals surface area contributed by atoms with Crippen molar-refractivity contribution in [1.82, 2.24) is 0 Å². The molecule has 4 nitrogen and oxygen atoms in total. The molecule has 54 valence electrons. The second kappa shape index (κ2) is 13.0. The first-order valence-electron chi connectivity index (χ1n) is 0.783. The molecule has 3 N–H and O–H groups in total. The van der Waals surface area contributed by atoms with Crippen molar-refractivity contribution in [3.8, 4) is 0 Å². The number of rotatable bonds is 0. The first-order chi connectivity index (χ1) is 2.00. The predicted octanol–water partition coefficient (Wildman–Crippen LogP) is -3.82. The van der Waals surface area contributed by atoms with Crippen molar-refractivity contribution in [2.45, 2.75) is 0 Å². The zero-order valence-electron chi connectivity index (χ0n) is 5.38. The van der Waals surface area contributed by atoms with Crippen LogP contribution in [0, 0.1) is 0 Å². The topological polar surface area (TPSA) is 77.8 Å². The van der Waals surface area contributed by atoms with Gasteiger partial charge in [-0.3, -0.25) is 0 Å². The van der Waals surface area contributed by atoms with Gasteiger partial charge in [-0.15, -0.1) is 0 Å². The molecule has 2 radical (unpaired) electrons. The minimum Gasteiger partial charge on any atom is -1.00 e. The second-order valence-corrected chi connectivity index (χ2v) is 1.54. The Morgan fingerprint density at radius 2 is 1.22 bits per heavy atom. The minimum absolute atomic E-state index is 0. The summed E-state index contributed by atoms with van der Waals surface area (Å²) in [5.41, 5.74) is 0. The first-order valence-corrected chi connectivity index (χ1v) is 2.35. The van der Waals surface area contributed by atoms with Crippen LogP contribution in [-0.2, 0) is 57.3 Å². The zero-order chi connectivity index (χ0) is 4.50. The van der Waals surface area contributed by atoms with Crippen LogP contribution in [0.2, 0.25) is 0 Å². The van der Waals surface area contributed by atoms with Crippen molar-refractivity contribution >= 4 is 7.82 Å². The van der Waals surface area contributed by atoms with Crippen LogP contribution in [0.1, 0.15) is 1.43 Å². The van der Waals surface area contributed by atoms with E-state index in [2.05, 4.69) is 0 Å². The predicted molar refractivity (Wildman–Crippen MR) is 15.4 cm³/mol. The fourth-order valence-corrected chi connectivity index (χ4v) is 0. The van der Waals surface area contributed by atoms with E-state index in [9.17, 15) is 0 Å². The summed E-state index contributed by atoms with van der Waals surface area (Å²) in [5, 5.41) is 0. The van der Waals surface area contributed by atoms with Crippen molar-refractivity contribution in [2.24, 2.45) is 0 Å². The molecule has 0 bridgehead atoms. The molecule has 0 heterocycles. The van der Waals surface area contributed by atoms with Gasteiger partial charge in [0, 0.05) is 52.7 Å². The van der Waals surface area contributed by atoms with Crippen LogP contribution < -0.4 is 18.9 Å². The van der Waals surface area contributed by atoms with E-state index in [1.54, 1.807) is 0 Å². The van der Waals surface area contributed by atoms with E-state index in [4.69, 9.17) is 19.2 Å². The molecule has 0 aliphatic carbocycles. The summed E-state index contributed by atoms with van der Waals surface area (Å²) in [4.78, 5) is 21.6. The molecular formula is H4FeLiMnO4PV. The van der Waals surface area contributed by atoms with E-state index < -0.39 is 7.82 Å². The summed E-state index contributed by atoms with van der Waals surface area (Å²) in [6, 6.07) is 0. The van der Waals surface area contributed by atoms with Gasteiger partial charge in [-0.05, 0) is 0 Å². The maximum absolute atomic E-state index is 8.88. The molecule has 0 rings (SSSR count). The normalized spacial score (nSPS) is 6.56.